The summed E-state index contributed by atoms with van der Waals surface area (Å²) in [4.78, 5) is 61.9. The van der Waals surface area contributed by atoms with E-state index in [-0.39, 0.29) is 43.8 Å². The fourth-order valence-electron chi connectivity index (χ4n) is 6.12. The summed E-state index contributed by atoms with van der Waals surface area (Å²) in [5.41, 5.74) is 1.90. The van der Waals surface area contributed by atoms with Gasteiger partial charge in [-0.05, 0) is 63.5 Å². The monoisotopic (exact) mass is 640 g/mol. The summed E-state index contributed by atoms with van der Waals surface area (Å²) in [5, 5.41) is 47.7. The third kappa shape index (κ3) is 8.59. The number of allylic oxidation sites excluding steroid dienone is 1. The molecule has 0 aromatic heterocycles. The summed E-state index contributed by atoms with van der Waals surface area (Å²) in [6.07, 6.45) is 4.30. The number of rotatable bonds is 19. The van der Waals surface area contributed by atoms with Crippen LogP contribution >= 0.6 is 11.8 Å². The molecule has 2 amide bonds. The van der Waals surface area contributed by atoms with Crippen molar-refractivity contribution in [2.75, 3.05) is 26.1 Å². The van der Waals surface area contributed by atoms with Gasteiger partial charge in [-0.2, -0.15) is 0 Å². The van der Waals surface area contributed by atoms with Crippen LogP contribution in [-0.2, 0) is 28.7 Å². The standard InChI is InChI=1S/C29H44N4O10S/c1-3-11-29(12-10-17-7-6-16(5-4-13-34)22-21(17)23(29)43-28(22)42)44-14-19(24(36)33-25(37)27(40)41)32-20(35)9-8-18(26(38)39)31-15-30-2/h6,17-19,22,25,30-31,34,37H,3-5,7-15H2,1-2H3,(H,32,35)(H,33,36)(H,38,39)(H,40,41)/t17-,18+,19+,22-,25+,29+/m1/s1. The predicted molar refractivity (Wildman–Crippen MR) is 160 cm³/mol. The van der Waals surface area contributed by atoms with Crippen molar-refractivity contribution in [2.45, 2.75) is 87.8 Å². The average molecular weight is 641 g/mol. The Hall–Kier alpha value is -2.98. The molecule has 0 bridgehead atoms. The number of aliphatic carboxylic acids is 2. The van der Waals surface area contributed by atoms with Crippen molar-refractivity contribution in [3.63, 3.8) is 0 Å². The van der Waals surface area contributed by atoms with Crippen molar-refractivity contribution in [1.82, 2.24) is 21.3 Å². The molecule has 6 atom stereocenters. The molecule has 0 radical (unpaired) electrons. The van der Waals surface area contributed by atoms with Gasteiger partial charge in [0.1, 0.15) is 23.8 Å². The number of nitrogens with one attached hydrogen (secondary N) is 4. The van der Waals surface area contributed by atoms with Crippen LogP contribution in [0.3, 0.4) is 0 Å². The van der Waals surface area contributed by atoms with Crippen molar-refractivity contribution in [3.8, 4) is 0 Å². The van der Waals surface area contributed by atoms with E-state index in [1.165, 1.54) is 11.8 Å². The molecule has 15 heteroatoms. The van der Waals surface area contributed by atoms with Crippen LogP contribution in [0.5, 0.6) is 0 Å². The Morgan fingerprint density at radius 3 is 2.55 bits per heavy atom. The molecule has 3 rings (SSSR count). The van der Waals surface area contributed by atoms with Gasteiger partial charge in [-0.3, -0.25) is 24.5 Å². The highest BCUT2D eigenvalue weighted by Gasteiger charge is 2.53. The Balaban J connectivity index is 1.83. The van der Waals surface area contributed by atoms with E-state index in [1.54, 1.807) is 7.05 Å². The van der Waals surface area contributed by atoms with Gasteiger partial charge in [0.05, 0.1) is 4.75 Å². The van der Waals surface area contributed by atoms with Crippen LogP contribution in [0.15, 0.2) is 23.0 Å². The number of aliphatic hydroxyl groups excluding tert-OH is 2. The minimum atomic E-state index is -2.19. The van der Waals surface area contributed by atoms with Gasteiger partial charge in [-0.1, -0.05) is 25.0 Å². The molecular formula is C29H44N4O10S. The normalized spacial score (nSPS) is 24.5. The molecule has 44 heavy (non-hydrogen) atoms. The number of thioether (sulfide) groups is 1. The summed E-state index contributed by atoms with van der Waals surface area (Å²) < 4.78 is 5.31. The third-order valence-corrected chi connectivity index (χ3v) is 9.90. The second kappa shape index (κ2) is 16.4. The highest BCUT2D eigenvalue weighted by molar-refractivity contribution is 8.00. The first-order chi connectivity index (χ1) is 21.0. The zero-order valence-corrected chi connectivity index (χ0v) is 25.9. The van der Waals surface area contributed by atoms with E-state index in [9.17, 15) is 39.3 Å². The van der Waals surface area contributed by atoms with Crippen LogP contribution < -0.4 is 21.3 Å². The number of esters is 1. The maximum atomic E-state index is 13.2. The number of carbonyl (C=O) groups excluding carboxylic acids is 3. The van der Waals surface area contributed by atoms with Crippen LogP contribution in [-0.4, -0.2) is 99.3 Å². The predicted octanol–water partition coefficient (Wildman–Crippen LogP) is 0.202. The molecule has 1 aliphatic heterocycles. The van der Waals surface area contributed by atoms with Crippen LogP contribution in [0.1, 0.15) is 64.7 Å². The van der Waals surface area contributed by atoms with E-state index in [4.69, 9.17) is 9.84 Å². The molecule has 2 aliphatic carbocycles. The highest BCUT2D eigenvalue weighted by atomic mass is 32.2. The van der Waals surface area contributed by atoms with Crippen molar-refractivity contribution in [3.05, 3.63) is 23.0 Å². The number of carboxylic acids is 2. The molecule has 0 saturated carbocycles. The molecule has 14 nitrogen and oxygen atoms in total. The van der Waals surface area contributed by atoms with Crippen LogP contribution in [0.4, 0.5) is 0 Å². The Labute approximate surface area is 260 Å². The summed E-state index contributed by atoms with van der Waals surface area (Å²) in [7, 11) is 1.63. The zero-order chi connectivity index (χ0) is 32.4. The second-order valence-electron chi connectivity index (χ2n) is 11.3. The van der Waals surface area contributed by atoms with Gasteiger partial charge in [-0.15, -0.1) is 11.8 Å². The van der Waals surface area contributed by atoms with Crippen molar-refractivity contribution >= 4 is 41.5 Å². The lowest BCUT2D eigenvalue weighted by atomic mass is 9.68. The average Bonchev–Trinajstić information content (AvgIpc) is 3.35. The van der Waals surface area contributed by atoms with Gasteiger partial charge in [-0.25, -0.2) is 4.79 Å². The quantitative estimate of drug-likeness (QED) is 0.0538. The molecule has 0 aromatic rings. The minimum Gasteiger partial charge on any atom is -0.480 e. The van der Waals surface area contributed by atoms with E-state index >= 15 is 0 Å². The zero-order valence-electron chi connectivity index (χ0n) is 25.1. The Kier molecular flexibility index (Phi) is 13.2. The second-order valence-corrected chi connectivity index (χ2v) is 12.7. The number of amides is 2. The van der Waals surface area contributed by atoms with Crippen molar-refractivity contribution < 1.29 is 49.1 Å². The molecule has 0 saturated heterocycles. The third-order valence-electron chi connectivity index (χ3n) is 8.25. The van der Waals surface area contributed by atoms with Crippen LogP contribution in [0.25, 0.3) is 0 Å². The fraction of sp³-hybridized carbons (Fsp3) is 0.690. The van der Waals surface area contributed by atoms with E-state index < -0.39 is 52.7 Å². The molecule has 3 aliphatic rings. The van der Waals surface area contributed by atoms with E-state index in [0.717, 1.165) is 30.4 Å². The van der Waals surface area contributed by atoms with Gasteiger partial charge < -0.3 is 41.1 Å². The maximum Gasteiger partial charge on any atom is 0.353 e. The Morgan fingerprint density at radius 2 is 1.91 bits per heavy atom. The molecule has 0 spiro atoms. The van der Waals surface area contributed by atoms with Gasteiger partial charge in [0.25, 0.3) is 0 Å². The number of carboxylic acid groups (broad SMARTS) is 2. The molecule has 1 heterocycles. The smallest absolute Gasteiger partial charge is 0.353 e. The van der Waals surface area contributed by atoms with E-state index in [1.807, 2.05) is 12.2 Å². The molecular weight excluding hydrogens is 596 g/mol. The Bertz CT molecular complexity index is 1160. The minimum absolute atomic E-state index is 0.0131. The Morgan fingerprint density at radius 1 is 1.16 bits per heavy atom. The van der Waals surface area contributed by atoms with Gasteiger partial charge >= 0.3 is 17.9 Å². The number of hydrogen-bond donors (Lipinski definition) is 8. The van der Waals surface area contributed by atoms with Crippen LogP contribution in [0, 0.1) is 11.8 Å². The number of hydrogen-bond acceptors (Lipinski definition) is 11. The van der Waals surface area contributed by atoms with Crippen molar-refractivity contribution in [1.29, 1.82) is 0 Å². The SMILES string of the molecule is CCC[C@]1(SC[C@H](NC(=O)CC[C@H](NCNC)C(=O)O)C(=O)N[C@@H](O)C(=O)O)CC[C@H]2CC=C(CCCO)[C@H]3C(=O)OC1=C23. The molecule has 0 aromatic carbocycles. The molecule has 8 N–H and O–H groups in total. The summed E-state index contributed by atoms with van der Waals surface area (Å²) in [5.74, 6) is -4.48. The highest BCUT2D eigenvalue weighted by Crippen LogP contribution is 2.57. The number of aliphatic hydroxyl groups is 2. The van der Waals surface area contributed by atoms with Crippen molar-refractivity contribution in [2.24, 2.45) is 11.8 Å². The van der Waals surface area contributed by atoms with Gasteiger partial charge in [0.15, 0.2) is 0 Å². The molecule has 0 unspecified atom stereocenters. The van der Waals surface area contributed by atoms with Gasteiger partial charge in [0, 0.05) is 25.4 Å². The van der Waals surface area contributed by atoms with E-state index in [0.29, 0.717) is 31.4 Å². The van der Waals surface area contributed by atoms with E-state index in [2.05, 4.69) is 22.0 Å². The summed E-state index contributed by atoms with van der Waals surface area (Å²) >= 11 is 1.35. The van der Waals surface area contributed by atoms with Gasteiger partial charge in [0.2, 0.25) is 18.0 Å². The summed E-state index contributed by atoms with van der Waals surface area (Å²) in [6, 6.07) is -2.29. The first-order valence-electron chi connectivity index (χ1n) is 15.0. The molecule has 246 valence electrons. The topological polar surface area (TPSA) is 224 Å². The number of carbonyl (C=O) groups is 5. The van der Waals surface area contributed by atoms with Crippen LogP contribution in [0.2, 0.25) is 0 Å². The lowest BCUT2D eigenvalue weighted by Gasteiger charge is -2.41. The summed E-state index contributed by atoms with van der Waals surface area (Å²) in [6.45, 7) is 2.21. The lowest BCUT2D eigenvalue weighted by molar-refractivity contribution is -0.151. The maximum absolute atomic E-state index is 13.2. The fourth-order valence-corrected chi connectivity index (χ4v) is 7.74. The largest absolute Gasteiger partial charge is 0.480 e. The lowest BCUT2D eigenvalue weighted by Crippen LogP contribution is -2.53. The first kappa shape index (κ1) is 35.5. The molecule has 0 fully saturated rings. The first-order valence-corrected chi connectivity index (χ1v) is 16.0. The number of ether oxygens (including phenoxy) is 1.